The summed E-state index contributed by atoms with van der Waals surface area (Å²) in [5.41, 5.74) is 1.41. The number of amides is 1. The third-order valence-electron chi connectivity index (χ3n) is 3.25. The van der Waals surface area contributed by atoms with E-state index < -0.39 is 6.10 Å². The van der Waals surface area contributed by atoms with Crippen molar-refractivity contribution in [3.63, 3.8) is 0 Å². The molecule has 0 radical (unpaired) electrons. The Morgan fingerprint density at radius 3 is 2.50 bits per heavy atom. The van der Waals surface area contributed by atoms with Gasteiger partial charge in [-0.3, -0.25) is 9.48 Å². The van der Waals surface area contributed by atoms with E-state index in [2.05, 4.69) is 10.4 Å². The lowest BCUT2D eigenvalue weighted by molar-refractivity contribution is -0.123. The molecule has 2 atom stereocenters. The van der Waals surface area contributed by atoms with Crippen LogP contribution in [0, 0.1) is 0 Å². The van der Waals surface area contributed by atoms with E-state index >= 15 is 0 Å². The average molecular weight is 342 g/mol. The third kappa shape index (κ3) is 4.47. The molecule has 1 heterocycles. The zero-order chi connectivity index (χ0) is 16.3. The number of carbonyl (C=O) groups excluding carboxylic acids is 1. The second-order valence-corrected chi connectivity index (χ2v) is 6.03. The second-order valence-electron chi connectivity index (χ2n) is 5.16. The van der Waals surface area contributed by atoms with Crippen LogP contribution < -0.4 is 5.32 Å². The van der Waals surface area contributed by atoms with Crippen LogP contribution in [-0.2, 0) is 11.8 Å². The Balaban J connectivity index is 1.96. The minimum atomic E-state index is -0.961. The first kappa shape index (κ1) is 16.8. The summed E-state index contributed by atoms with van der Waals surface area (Å²) in [6.07, 6.45) is 2.50. The van der Waals surface area contributed by atoms with Gasteiger partial charge in [0.2, 0.25) is 5.91 Å². The highest BCUT2D eigenvalue weighted by Gasteiger charge is 2.17. The lowest BCUT2D eigenvalue weighted by Crippen LogP contribution is -2.27. The van der Waals surface area contributed by atoms with E-state index in [1.54, 1.807) is 29.1 Å². The molecule has 1 aromatic heterocycles. The maximum absolute atomic E-state index is 12.0. The number of hydrogen-bond donors (Lipinski definition) is 2. The molecular formula is C15H17Cl2N3O2. The van der Waals surface area contributed by atoms with E-state index in [1.807, 2.05) is 20.2 Å². The van der Waals surface area contributed by atoms with Crippen LogP contribution in [0.15, 0.2) is 30.6 Å². The molecule has 118 valence electrons. The van der Waals surface area contributed by atoms with Gasteiger partial charge < -0.3 is 10.4 Å². The quantitative estimate of drug-likeness (QED) is 0.878. The molecule has 0 fully saturated rings. The van der Waals surface area contributed by atoms with Gasteiger partial charge in [-0.1, -0.05) is 23.2 Å². The number of halogens is 2. The van der Waals surface area contributed by atoms with Gasteiger partial charge >= 0.3 is 0 Å². The molecule has 2 aromatic rings. The van der Waals surface area contributed by atoms with Gasteiger partial charge in [-0.2, -0.15) is 5.10 Å². The Labute approximate surface area is 138 Å². The van der Waals surface area contributed by atoms with Crippen LogP contribution in [0.2, 0.25) is 10.0 Å². The van der Waals surface area contributed by atoms with E-state index in [9.17, 15) is 9.90 Å². The molecule has 0 aliphatic heterocycles. The van der Waals surface area contributed by atoms with E-state index in [1.165, 1.54) is 0 Å². The Morgan fingerprint density at radius 2 is 1.95 bits per heavy atom. The number of hydrogen-bond acceptors (Lipinski definition) is 3. The van der Waals surface area contributed by atoms with Gasteiger partial charge in [-0.05, 0) is 30.7 Å². The highest BCUT2D eigenvalue weighted by Crippen LogP contribution is 2.25. The fourth-order valence-corrected chi connectivity index (χ4v) is 2.65. The summed E-state index contributed by atoms with van der Waals surface area (Å²) in [4.78, 5) is 12.0. The molecule has 5 nitrogen and oxygen atoms in total. The highest BCUT2D eigenvalue weighted by atomic mass is 35.5. The minimum absolute atomic E-state index is 0.0682. The van der Waals surface area contributed by atoms with Crippen LogP contribution in [0.4, 0.5) is 0 Å². The lowest BCUT2D eigenvalue weighted by Gasteiger charge is -2.15. The van der Waals surface area contributed by atoms with Crippen molar-refractivity contribution in [3.05, 3.63) is 51.8 Å². The van der Waals surface area contributed by atoms with Gasteiger partial charge in [0.25, 0.3) is 0 Å². The number of aromatic nitrogens is 2. The Bertz CT molecular complexity index is 652. The summed E-state index contributed by atoms with van der Waals surface area (Å²) in [5, 5.41) is 17.9. The molecule has 0 spiro atoms. The molecule has 2 rings (SSSR count). The van der Waals surface area contributed by atoms with Crippen LogP contribution in [0.3, 0.4) is 0 Å². The molecule has 1 amide bonds. The molecule has 0 aliphatic carbocycles. The Kier molecular flexibility index (Phi) is 5.45. The summed E-state index contributed by atoms with van der Waals surface area (Å²) in [7, 11) is 1.81. The molecule has 0 aliphatic rings. The summed E-state index contributed by atoms with van der Waals surface area (Å²) in [6, 6.07) is 4.58. The first-order chi connectivity index (χ1) is 10.3. The molecule has 0 saturated heterocycles. The number of rotatable bonds is 5. The topological polar surface area (TPSA) is 67.2 Å². The summed E-state index contributed by atoms with van der Waals surface area (Å²) < 4.78 is 1.67. The number of carbonyl (C=O) groups is 1. The third-order valence-corrected chi connectivity index (χ3v) is 3.69. The molecule has 7 heteroatoms. The molecule has 0 bridgehead atoms. The molecule has 22 heavy (non-hydrogen) atoms. The standard InChI is InChI=1S/C15H17Cl2N3O2/c1-9(11-7-18-20(2)8-11)19-15(22)6-14(21)10-3-12(16)5-13(17)4-10/h3-5,7-9,14,21H,6H2,1-2H3,(H,19,22)/t9-,14-/m0/s1. The van der Waals surface area contributed by atoms with Crippen molar-refractivity contribution in [3.8, 4) is 0 Å². The van der Waals surface area contributed by atoms with Crippen LogP contribution in [-0.4, -0.2) is 20.8 Å². The summed E-state index contributed by atoms with van der Waals surface area (Å²) >= 11 is 11.8. The first-order valence-corrected chi connectivity index (χ1v) is 7.52. The Morgan fingerprint density at radius 1 is 1.32 bits per heavy atom. The van der Waals surface area contributed by atoms with E-state index in [-0.39, 0.29) is 18.4 Å². The van der Waals surface area contributed by atoms with E-state index in [0.717, 1.165) is 5.56 Å². The van der Waals surface area contributed by atoms with Gasteiger partial charge in [0.05, 0.1) is 24.8 Å². The van der Waals surface area contributed by atoms with Crippen molar-refractivity contribution in [2.75, 3.05) is 0 Å². The van der Waals surface area contributed by atoms with Crippen molar-refractivity contribution >= 4 is 29.1 Å². The largest absolute Gasteiger partial charge is 0.388 e. The molecular weight excluding hydrogens is 325 g/mol. The number of nitrogens with one attached hydrogen (secondary N) is 1. The number of aliphatic hydroxyl groups is 1. The molecule has 0 saturated carbocycles. The predicted octanol–water partition coefficient (Wildman–Crippen LogP) is 3.03. The zero-order valence-electron chi connectivity index (χ0n) is 12.3. The van der Waals surface area contributed by atoms with Crippen LogP contribution in [0.5, 0.6) is 0 Å². The SMILES string of the molecule is C[C@H](NC(=O)C[C@H](O)c1cc(Cl)cc(Cl)c1)c1cnn(C)c1. The van der Waals surface area contributed by atoms with Crippen LogP contribution in [0.1, 0.15) is 36.6 Å². The monoisotopic (exact) mass is 341 g/mol. The Hall–Kier alpha value is -1.56. The smallest absolute Gasteiger partial charge is 0.223 e. The van der Waals surface area contributed by atoms with Gasteiger partial charge in [0.15, 0.2) is 0 Å². The maximum Gasteiger partial charge on any atom is 0.223 e. The minimum Gasteiger partial charge on any atom is -0.388 e. The van der Waals surface area contributed by atoms with E-state index in [0.29, 0.717) is 15.6 Å². The zero-order valence-corrected chi connectivity index (χ0v) is 13.8. The number of nitrogens with zero attached hydrogens (tertiary/aromatic N) is 2. The highest BCUT2D eigenvalue weighted by molar-refractivity contribution is 6.34. The second kappa shape index (κ2) is 7.13. The molecule has 0 unspecified atom stereocenters. The fourth-order valence-electron chi connectivity index (χ4n) is 2.11. The van der Waals surface area contributed by atoms with Crippen molar-refractivity contribution < 1.29 is 9.90 Å². The van der Waals surface area contributed by atoms with Gasteiger partial charge in [0.1, 0.15) is 0 Å². The fraction of sp³-hybridized carbons (Fsp3) is 0.333. The van der Waals surface area contributed by atoms with Crippen molar-refractivity contribution in [1.82, 2.24) is 15.1 Å². The molecule has 2 N–H and O–H groups in total. The normalized spacial score (nSPS) is 13.7. The molecule has 1 aromatic carbocycles. The van der Waals surface area contributed by atoms with Crippen molar-refractivity contribution in [1.29, 1.82) is 0 Å². The maximum atomic E-state index is 12.0. The number of aryl methyl sites for hydroxylation is 1. The van der Waals surface area contributed by atoms with Gasteiger partial charge in [0, 0.05) is 28.9 Å². The van der Waals surface area contributed by atoms with Crippen LogP contribution in [0.25, 0.3) is 0 Å². The van der Waals surface area contributed by atoms with E-state index in [4.69, 9.17) is 23.2 Å². The summed E-state index contributed by atoms with van der Waals surface area (Å²) in [6.45, 7) is 1.86. The van der Waals surface area contributed by atoms with Gasteiger partial charge in [-0.15, -0.1) is 0 Å². The van der Waals surface area contributed by atoms with Gasteiger partial charge in [-0.25, -0.2) is 0 Å². The lowest BCUT2D eigenvalue weighted by atomic mass is 10.1. The predicted molar refractivity (Wildman–Crippen MR) is 85.8 cm³/mol. The number of benzene rings is 1. The summed E-state index contributed by atoms with van der Waals surface area (Å²) in [5.74, 6) is -0.264. The van der Waals surface area contributed by atoms with Crippen molar-refractivity contribution in [2.24, 2.45) is 7.05 Å². The first-order valence-electron chi connectivity index (χ1n) is 6.77. The average Bonchev–Trinajstić information content (AvgIpc) is 2.84. The number of aliphatic hydroxyl groups excluding tert-OH is 1. The van der Waals surface area contributed by atoms with Crippen molar-refractivity contribution in [2.45, 2.75) is 25.5 Å². The van der Waals surface area contributed by atoms with Crippen LogP contribution >= 0.6 is 23.2 Å².